The van der Waals surface area contributed by atoms with Crippen LogP contribution in [-0.2, 0) is 6.54 Å². The van der Waals surface area contributed by atoms with E-state index in [-0.39, 0.29) is 6.10 Å². The number of hydrogen-bond acceptors (Lipinski definition) is 2. The fourth-order valence-electron chi connectivity index (χ4n) is 1.75. The average Bonchev–Trinajstić information content (AvgIpc) is 2.20. The van der Waals surface area contributed by atoms with Crippen LogP contribution >= 0.6 is 0 Å². The molecule has 1 unspecified atom stereocenters. The first kappa shape index (κ1) is 13.2. The van der Waals surface area contributed by atoms with Gasteiger partial charge in [0.25, 0.3) is 0 Å². The summed E-state index contributed by atoms with van der Waals surface area (Å²) in [4.78, 5) is 2.26. The second-order valence-corrected chi connectivity index (χ2v) is 4.81. The van der Waals surface area contributed by atoms with Crippen LogP contribution in [-0.4, -0.2) is 29.7 Å². The molecule has 90 valence electrons. The molecule has 0 saturated carbocycles. The van der Waals surface area contributed by atoms with Crippen LogP contribution in [0.3, 0.4) is 0 Å². The van der Waals surface area contributed by atoms with Crippen LogP contribution in [0.5, 0.6) is 0 Å². The van der Waals surface area contributed by atoms with E-state index < -0.39 is 0 Å². The van der Waals surface area contributed by atoms with Gasteiger partial charge in [-0.05, 0) is 45.4 Å². The van der Waals surface area contributed by atoms with Gasteiger partial charge < -0.3 is 10.0 Å². The number of hydrogen-bond donors (Lipinski definition) is 1. The van der Waals surface area contributed by atoms with Crippen LogP contribution in [0.15, 0.2) is 18.2 Å². The van der Waals surface area contributed by atoms with Gasteiger partial charge in [-0.1, -0.05) is 23.8 Å². The zero-order chi connectivity index (χ0) is 12.1. The van der Waals surface area contributed by atoms with Crippen molar-refractivity contribution in [3.63, 3.8) is 0 Å². The third-order valence-electron chi connectivity index (χ3n) is 2.87. The first-order valence-corrected chi connectivity index (χ1v) is 5.92. The lowest BCUT2D eigenvalue weighted by molar-refractivity contribution is 0.163. The Labute approximate surface area is 98.9 Å². The summed E-state index contributed by atoms with van der Waals surface area (Å²) in [6.45, 7) is 8.01. The summed E-state index contributed by atoms with van der Waals surface area (Å²) in [5, 5.41) is 9.24. The summed E-state index contributed by atoms with van der Waals surface area (Å²) in [7, 11) is 2.10. The second-order valence-electron chi connectivity index (χ2n) is 4.81. The minimum atomic E-state index is -0.207. The van der Waals surface area contributed by atoms with Crippen LogP contribution in [0.2, 0.25) is 0 Å². The Kier molecular flexibility index (Phi) is 4.97. The number of rotatable bonds is 5. The Bertz CT molecular complexity index is 334. The summed E-state index contributed by atoms with van der Waals surface area (Å²) in [5.41, 5.74) is 4.03. The van der Waals surface area contributed by atoms with E-state index in [0.717, 1.165) is 19.5 Å². The molecule has 0 aromatic heterocycles. The van der Waals surface area contributed by atoms with Crippen molar-refractivity contribution in [3.8, 4) is 0 Å². The molecule has 0 aliphatic carbocycles. The minimum Gasteiger partial charge on any atom is -0.393 e. The largest absolute Gasteiger partial charge is 0.393 e. The lowest BCUT2D eigenvalue weighted by Gasteiger charge is -2.19. The van der Waals surface area contributed by atoms with E-state index in [2.05, 4.69) is 44.0 Å². The van der Waals surface area contributed by atoms with Gasteiger partial charge in [0.05, 0.1) is 6.10 Å². The Hall–Kier alpha value is -0.860. The Balaban J connectivity index is 2.55. The molecular weight excluding hydrogens is 198 g/mol. The zero-order valence-electron chi connectivity index (χ0n) is 10.8. The van der Waals surface area contributed by atoms with Gasteiger partial charge in [0.15, 0.2) is 0 Å². The number of nitrogens with zero attached hydrogens (tertiary/aromatic N) is 1. The molecule has 0 aliphatic rings. The van der Waals surface area contributed by atoms with Crippen molar-refractivity contribution in [3.05, 3.63) is 34.9 Å². The maximum atomic E-state index is 9.24. The molecule has 1 N–H and O–H groups in total. The first-order valence-electron chi connectivity index (χ1n) is 5.92. The summed E-state index contributed by atoms with van der Waals surface area (Å²) < 4.78 is 0. The molecule has 16 heavy (non-hydrogen) atoms. The number of aryl methyl sites for hydroxylation is 2. The Morgan fingerprint density at radius 1 is 1.31 bits per heavy atom. The summed E-state index contributed by atoms with van der Waals surface area (Å²) in [5.74, 6) is 0. The topological polar surface area (TPSA) is 23.5 Å². The summed E-state index contributed by atoms with van der Waals surface area (Å²) in [6, 6.07) is 6.57. The van der Waals surface area contributed by atoms with Crippen LogP contribution < -0.4 is 0 Å². The highest BCUT2D eigenvalue weighted by molar-refractivity contribution is 5.30. The zero-order valence-corrected chi connectivity index (χ0v) is 10.8. The molecule has 1 aromatic rings. The van der Waals surface area contributed by atoms with Gasteiger partial charge in [-0.3, -0.25) is 0 Å². The van der Waals surface area contributed by atoms with Crippen molar-refractivity contribution in [1.29, 1.82) is 0 Å². The Morgan fingerprint density at radius 3 is 2.62 bits per heavy atom. The molecule has 1 rings (SSSR count). The molecule has 1 atom stereocenters. The van der Waals surface area contributed by atoms with Crippen LogP contribution in [0.25, 0.3) is 0 Å². The molecular formula is C14H23NO. The SMILES string of the molecule is Cc1ccc(C)c(CN(C)CCC(C)O)c1. The Morgan fingerprint density at radius 2 is 2.00 bits per heavy atom. The lowest BCUT2D eigenvalue weighted by Crippen LogP contribution is -2.22. The van der Waals surface area contributed by atoms with E-state index in [1.807, 2.05) is 6.92 Å². The average molecular weight is 221 g/mol. The van der Waals surface area contributed by atoms with Gasteiger partial charge in [0.2, 0.25) is 0 Å². The molecule has 0 bridgehead atoms. The molecule has 0 amide bonds. The van der Waals surface area contributed by atoms with E-state index in [9.17, 15) is 5.11 Å². The molecule has 0 spiro atoms. The van der Waals surface area contributed by atoms with Gasteiger partial charge in [0, 0.05) is 13.1 Å². The van der Waals surface area contributed by atoms with E-state index >= 15 is 0 Å². The maximum absolute atomic E-state index is 9.24. The van der Waals surface area contributed by atoms with Gasteiger partial charge in [-0.15, -0.1) is 0 Å². The van der Waals surface area contributed by atoms with Crippen molar-refractivity contribution in [2.75, 3.05) is 13.6 Å². The van der Waals surface area contributed by atoms with Gasteiger partial charge in [-0.25, -0.2) is 0 Å². The van der Waals surface area contributed by atoms with E-state index in [0.29, 0.717) is 0 Å². The van der Waals surface area contributed by atoms with E-state index in [4.69, 9.17) is 0 Å². The van der Waals surface area contributed by atoms with E-state index in [1.54, 1.807) is 0 Å². The van der Waals surface area contributed by atoms with Crippen molar-refractivity contribution in [2.45, 2.75) is 39.8 Å². The third-order valence-corrected chi connectivity index (χ3v) is 2.87. The normalized spacial score (nSPS) is 13.1. The molecule has 2 nitrogen and oxygen atoms in total. The van der Waals surface area contributed by atoms with Crippen molar-refractivity contribution in [2.24, 2.45) is 0 Å². The lowest BCUT2D eigenvalue weighted by atomic mass is 10.1. The fraction of sp³-hybridized carbons (Fsp3) is 0.571. The quantitative estimate of drug-likeness (QED) is 0.826. The highest BCUT2D eigenvalue weighted by atomic mass is 16.3. The molecule has 0 radical (unpaired) electrons. The molecule has 1 aromatic carbocycles. The van der Waals surface area contributed by atoms with Crippen LogP contribution in [0, 0.1) is 13.8 Å². The van der Waals surface area contributed by atoms with Gasteiger partial charge in [-0.2, -0.15) is 0 Å². The molecule has 2 heteroatoms. The van der Waals surface area contributed by atoms with Gasteiger partial charge in [0.1, 0.15) is 0 Å². The predicted octanol–water partition coefficient (Wildman–Crippen LogP) is 2.51. The monoisotopic (exact) mass is 221 g/mol. The number of aliphatic hydroxyl groups excluding tert-OH is 1. The molecule has 0 fully saturated rings. The van der Waals surface area contributed by atoms with Crippen LogP contribution in [0.4, 0.5) is 0 Å². The highest BCUT2D eigenvalue weighted by Crippen LogP contribution is 2.12. The smallest absolute Gasteiger partial charge is 0.0524 e. The third kappa shape index (κ3) is 4.33. The molecule has 0 aliphatic heterocycles. The van der Waals surface area contributed by atoms with E-state index in [1.165, 1.54) is 16.7 Å². The van der Waals surface area contributed by atoms with Crippen molar-refractivity contribution in [1.82, 2.24) is 4.90 Å². The predicted molar refractivity (Wildman–Crippen MR) is 68.5 cm³/mol. The molecule has 0 saturated heterocycles. The summed E-state index contributed by atoms with van der Waals surface area (Å²) in [6.07, 6.45) is 0.627. The second kappa shape index (κ2) is 6.02. The van der Waals surface area contributed by atoms with Crippen molar-refractivity contribution < 1.29 is 5.11 Å². The summed E-state index contributed by atoms with van der Waals surface area (Å²) >= 11 is 0. The number of aliphatic hydroxyl groups is 1. The van der Waals surface area contributed by atoms with Gasteiger partial charge >= 0.3 is 0 Å². The minimum absolute atomic E-state index is 0.207. The first-order chi connectivity index (χ1) is 7.49. The van der Waals surface area contributed by atoms with Crippen LogP contribution in [0.1, 0.15) is 30.0 Å². The molecule has 0 heterocycles. The fourth-order valence-corrected chi connectivity index (χ4v) is 1.75. The highest BCUT2D eigenvalue weighted by Gasteiger charge is 2.05. The maximum Gasteiger partial charge on any atom is 0.0524 e. The van der Waals surface area contributed by atoms with Crippen molar-refractivity contribution >= 4 is 0 Å². The standard InChI is InChI=1S/C14H23NO/c1-11-5-6-12(2)14(9-11)10-15(4)8-7-13(3)16/h5-6,9,13,16H,7-8,10H2,1-4H3. The number of benzene rings is 1.